The molecule has 0 bridgehead atoms. The van der Waals surface area contributed by atoms with Crippen LogP contribution in [-0.4, -0.2) is 40.4 Å². The van der Waals surface area contributed by atoms with Crippen LogP contribution in [0.25, 0.3) is 11.3 Å². The van der Waals surface area contributed by atoms with Crippen LogP contribution in [0.2, 0.25) is 0 Å². The number of benzene rings is 1. The Bertz CT molecular complexity index is 954. The van der Waals surface area contributed by atoms with Gasteiger partial charge in [0.2, 0.25) is 0 Å². The fraction of sp³-hybridized carbons (Fsp3) is 0.318. The van der Waals surface area contributed by atoms with Gasteiger partial charge in [0, 0.05) is 35.8 Å². The van der Waals surface area contributed by atoms with Gasteiger partial charge in [-0.15, -0.1) is 0 Å². The van der Waals surface area contributed by atoms with Gasteiger partial charge in [-0.3, -0.25) is 14.5 Å². The standard InChI is InChI=1S/C22H26N4O3/c1-4-28-20-7-6-18(15-21(20)29-5-2)22(27)24-12-13-26-16(3)14-19(25-26)17-8-10-23-11-9-17/h6-11,14-15H,4-5,12-13H2,1-3H3,(H,24,27). The Morgan fingerprint density at radius 3 is 2.48 bits per heavy atom. The molecule has 0 spiro atoms. The highest BCUT2D eigenvalue weighted by Gasteiger charge is 2.12. The minimum atomic E-state index is -0.159. The third-order valence-electron chi connectivity index (χ3n) is 4.37. The Hall–Kier alpha value is -3.35. The zero-order valence-electron chi connectivity index (χ0n) is 17.0. The molecule has 29 heavy (non-hydrogen) atoms. The number of ether oxygens (including phenoxy) is 2. The van der Waals surface area contributed by atoms with Crippen molar-refractivity contribution in [1.82, 2.24) is 20.1 Å². The first-order chi connectivity index (χ1) is 14.1. The van der Waals surface area contributed by atoms with Crippen LogP contribution in [0.1, 0.15) is 29.9 Å². The van der Waals surface area contributed by atoms with Crippen LogP contribution in [-0.2, 0) is 6.54 Å². The van der Waals surface area contributed by atoms with Crippen molar-refractivity contribution in [2.24, 2.45) is 0 Å². The Morgan fingerprint density at radius 2 is 1.76 bits per heavy atom. The maximum Gasteiger partial charge on any atom is 0.251 e. The number of nitrogens with zero attached hydrogens (tertiary/aromatic N) is 3. The van der Waals surface area contributed by atoms with Crippen molar-refractivity contribution in [2.45, 2.75) is 27.3 Å². The van der Waals surface area contributed by atoms with E-state index in [4.69, 9.17) is 9.47 Å². The summed E-state index contributed by atoms with van der Waals surface area (Å²) in [7, 11) is 0. The summed E-state index contributed by atoms with van der Waals surface area (Å²) in [5.41, 5.74) is 3.48. The van der Waals surface area contributed by atoms with Crippen LogP contribution >= 0.6 is 0 Å². The van der Waals surface area contributed by atoms with Gasteiger partial charge in [-0.25, -0.2) is 0 Å². The fourth-order valence-electron chi connectivity index (χ4n) is 2.97. The number of nitrogens with one attached hydrogen (secondary N) is 1. The van der Waals surface area contributed by atoms with Gasteiger partial charge in [0.1, 0.15) is 0 Å². The van der Waals surface area contributed by atoms with Crippen LogP contribution < -0.4 is 14.8 Å². The highest BCUT2D eigenvalue weighted by molar-refractivity contribution is 5.94. The predicted octanol–water partition coefficient (Wildman–Crippen LogP) is 3.48. The lowest BCUT2D eigenvalue weighted by molar-refractivity contribution is 0.0951. The summed E-state index contributed by atoms with van der Waals surface area (Å²) in [6.07, 6.45) is 3.49. The Balaban J connectivity index is 1.61. The molecule has 0 aliphatic rings. The van der Waals surface area contributed by atoms with Gasteiger partial charge in [-0.1, -0.05) is 0 Å². The molecular formula is C22H26N4O3. The third kappa shape index (κ3) is 5.13. The normalized spacial score (nSPS) is 10.6. The molecule has 2 heterocycles. The number of aryl methyl sites for hydroxylation is 1. The van der Waals surface area contributed by atoms with Crippen molar-refractivity contribution >= 4 is 5.91 Å². The van der Waals surface area contributed by atoms with E-state index in [1.807, 2.05) is 43.7 Å². The van der Waals surface area contributed by atoms with Gasteiger partial charge in [0.15, 0.2) is 11.5 Å². The lowest BCUT2D eigenvalue weighted by Crippen LogP contribution is -2.27. The molecule has 2 aromatic heterocycles. The number of carbonyl (C=O) groups excluding carboxylic acids is 1. The highest BCUT2D eigenvalue weighted by Crippen LogP contribution is 2.28. The molecule has 0 unspecified atom stereocenters. The van der Waals surface area contributed by atoms with E-state index in [0.717, 1.165) is 17.0 Å². The number of hydrogen-bond acceptors (Lipinski definition) is 5. The SMILES string of the molecule is CCOc1ccc(C(=O)NCCn2nc(-c3ccncc3)cc2C)cc1OCC. The molecule has 0 radical (unpaired) electrons. The molecular weight excluding hydrogens is 368 g/mol. The largest absolute Gasteiger partial charge is 0.490 e. The van der Waals surface area contributed by atoms with Gasteiger partial charge in [0.25, 0.3) is 5.91 Å². The predicted molar refractivity (Wildman–Crippen MR) is 111 cm³/mol. The maximum atomic E-state index is 12.5. The average molecular weight is 394 g/mol. The summed E-state index contributed by atoms with van der Waals surface area (Å²) in [5.74, 6) is 1.06. The van der Waals surface area contributed by atoms with E-state index in [9.17, 15) is 4.79 Å². The number of aromatic nitrogens is 3. The minimum Gasteiger partial charge on any atom is -0.490 e. The van der Waals surface area contributed by atoms with Gasteiger partial charge < -0.3 is 14.8 Å². The van der Waals surface area contributed by atoms with Crippen LogP contribution in [0.4, 0.5) is 0 Å². The second kappa shape index (κ2) is 9.73. The van der Waals surface area contributed by atoms with E-state index in [-0.39, 0.29) is 5.91 Å². The molecule has 152 valence electrons. The number of pyridine rings is 1. The summed E-state index contributed by atoms with van der Waals surface area (Å²) in [6, 6.07) is 11.1. The summed E-state index contributed by atoms with van der Waals surface area (Å²) in [4.78, 5) is 16.6. The molecule has 1 aromatic carbocycles. The highest BCUT2D eigenvalue weighted by atomic mass is 16.5. The Kier molecular flexibility index (Phi) is 6.84. The number of hydrogen-bond donors (Lipinski definition) is 1. The van der Waals surface area contributed by atoms with Gasteiger partial charge >= 0.3 is 0 Å². The van der Waals surface area contributed by atoms with Crippen molar-refractivity contribution in [3.05, 3.63) is 60.0 Å². The molecule has 0 aliphatic carbocycles. The first-order valence-corrected chi connectivity index (χ1v) is 9.75. The lowest BCUT2D eigenvalue weighted by atomic mass is 10.2. The van der Waals surface area contributed by atoms with Crippen LogP contribution in [0, 0.1) is 6.92 Å². The van der Waals surface area contributed by atoms with E-state index in [1.54, 1.807) is 30.6 Å². The number of carbonyl (C=O) groups is 1. The van der Waals surface area contributed by atoms with Gasteiger partial charge in [0.05, 0.1) is 25.5 Å². The Labute approximate surface area is 170 Å². The van der Waals surface area contributed by atoms with E-state index in [0.29, 0.717) is 43.4 Å². The average Bonchev–Trinajstić information content (AvgIpc) is 3.11. The molecule has 1 amide bonds. The summed E-state index contributed by atoms with van der Waals surface area (Å²) >= 11 is 0. The van der Waals surface area contributed by atoms with Gasteiger partial charge in [-0.05, 0) is 57.2 Å². The first-order valence-electron chi connectivity index (χ1n) is 9.75. The molecule has 0 aliphatic heterocycles. The molecule has 0 saturated heterocycles. The van der Waals surface area contributed by atoms with E-state index in [1.165, 1.54) is 0 Å². The van der Waals surface area contributed by atoms with Crippen molar-refractivity contribution in [3.8, 4) is 22.8 Å². The van der Waals surface area contributed by atoms with Crippen molar-refractivity contribution in [2.75, 3.05) is 19.8 Å². The summed E-state index contributed by atoms with van der Waals surface area (Å²) < 4.78 is 13.0. The molecule has 3 rings (SSSR count). The third-order valence-corrected chi connectivity index (χ3v) is 4.37. The number of rotatable bonds is 9. The van der Waals surface area contributed by atoms with Crippen molar-refractivity contribution in [3.63, 3.8) is 0 Å². The fourth-order valence-corrected chi connectivity index (χ4v) is 2.97. The zero-order chi connectivity index (χ0) is 20.6. The zero-order valence-corrected chi connectivity index (χ0v) is 17.0. The van der Waals surface area contributed by atoms with Crippen molar-refractivity contribution < 1.29 is 14.3 Å². The quantitative estimate of drug-likeness (QED) is 0.601. The van der Waals surface area contributed by atoms with E-state index in [2.05, 4.69) is 15.4 Å². The van der Waals surface area contributed by atoms with E-state index < -0.39 is 0 Å². The topological polar surface area (TPSA) is 78.3 Å². The summed E-state index contributed by atoms with van der Waals surface area (Å²) in [6.45, 7) is 7.90. The minimum absolute atomic E-state index is 0.159. The smallest absolute Gasteiger partial charge is 0.251 e. The molecule has 0 saturated carbocycles. The molecule has 1 N–H and O–H groups in total. The molecule has 0 fully saturated rings. The summed E-state index contributed by atoms with van der Waals surface area (Å²) in [5, 5.41) is 7.56. The van der Waals surface area contributed by atoms with E-state index >= 15 is 0 Å². The van der Waals surface area contributed by atoms with Crippen LogP contribution in [0.3, 0.4) is 0 Å². The first kappa shape index (κ1) is 20.4. The monoisotopic (exact) mass is 394 g/mol. The lowest BCUT2D eigenvalue weighted by Gasteiger charge is -2.12. The molecule has 3 aromatic rings. The van der Waals surface area contributed by atoms with Crippen LogP contribution in [0.5, 0.6) is 11.5 Å². The van der Waals surface area contributed by atoms with Crippen LogP contribution in [0.15, 0.2) is 48.8 Å². The molecule has 7 nitrogen and oxygen atoms in total. The van der Waals surface area contributed by atoms with Crippen molar-refractivity contribution in [1.29, 1.82) is 0 Å². The second-order valence-electron chi connectivity index (χ2n) is 6.41. The molecule has 0 atom stereocenters. The molecule has 7 heteroatoms. The van der Waals surface area contributed by atoms with Gasteiger partial charge in [-0.2, -0.15) is 5.10 Å². The maximum absolute atomic E-state index is 12.5. The second-order valence-corrected chi connectivity index (χ2v) is 6.41. The Morgan fingerprint density at radius 1 is 1.03 bits per heavy atom. The number of amides is 1.